The van der Waals surface area contributed by atoms with Gasteiger partial charge < -0.3 is 10.2 Å². The summed E-state index contributed by atoms with van der Waals surface area (Å²) in [5, 5.41) is 3.55. The van der Waals surface area contributed by atoms with Crippen LogP contribution in [0, 0.1) is 11.8 Å². The summed E-state index contributed by atoms with van der Waals surface area (Å²) in [6.07, 6.45) is 7.10. The van der Waals surface area contributed by atoms with Crippen molar-refractivity contribution >= 4 is 0 Å². The summed E-state index contributed by atoms with van der Waals surface area (Å²) in [4.78, 5) is 2.69. The van der Waals surface area contributed by atoms with E-state index in [9.17, 15) is 0 Å². The lowest BCUT2D eigenvalue weighted by Gasteiger charge is -2.32. The zero-order chi connectivity index (χ0) is 10.5. The zero-order valence-corrected chi connectivity index (χ0v) is 10.2. The molecule has 15 heavy (non-hydrogen) atoms. The summed E-state index contributed by atoms with van der Waals surface area (Å²) < 4.78 is 0. The van der Waals surface area contributed by atoms with Crippen LogP contribution in [0.25, 0.3) is 0 Å². The van der Waals surface area contributed by atoms with Crippen LogP contribution in [0.3, 0.4) is 0 Å². The first-order chi connectivity index (χ1) is 7.38. The Morgan fingerprint density at radius 3 is 2.40 bits per heavy atom. The van der Waals surface area contributed by atoms with E-state index in [0.29, 0.717) is 0 Å². The van der Waals surface area contributed by atoms with E-state index in [1.165, 1.54) is 64.8 Å². The van der Waals surface area contributed by atoms with Crippen LogP contribution in [0.2, 0.25) is 0 Å². The Bertz CT molecular complexity index is 169. The summed E-state index contributed by atoms with van der Waals surface area (Å²) in [6, 6.07) is 0. The van der Waals surface area contributed by atoms with Gasteiger partial charge in [0.15, 0.2) is 0 Å². The van der Waals surface area contributed by atoms with Crippen LogP contribution in [0.4, 0.5) is 0 Å². The Kier molecular flexibility index (Phi) is 4.45. The molecule has 1 saturated carbocycles. The molecule has 1 aliphatic carbocycles. The standard InChI is InChI=1S/C13H26N2/c1-2-7-14-10-12-5-8-15(9-6-12)11-13-3-4-13/h12-14H,2-11H2,1H3. The number of rotatable bonds is 6. The fraction of sp³-hybridized carbons (Fsp3) is 1.00. The highest BCUT2D eigenvalue weighted by Gasteiger charge is 2.26. The predicted octanol–water partition coefficient (Wildman–Crippen LogP) is 2.11. The predicted molar refractivity (Wildman–Crippen MR) is 65.0 cm³/mol. The monoisotopic (exact) mass is 210 g/mol. The van der Waals surface area contributed by atoms with Gasteiger partial charge in [-0.05, 0) is 70.1 Å². The van der Waals surface area contributed by atoms with Crippen molar-refractivity contribution in [3.8, 4) is 0 Å². The third-order valence-corrected chi connectivity index (χ3v) is 3.78. The molecule has 0 radical (unpaired) electrons. The molecule has 2 rings (SSSR count). The second kappa shape index (κ2) is 5.86. The Morgan fingerprint density at radius 1 is 1.07 bits per heavy atom. The molecular formula is C13H26N2. The van der Waals surface area contributed by atoms with Gasteiger partial charge in [0.2, 0.25) is 0 Å². The van der Waals surface area contributed by atoms with Gasteiger partial charge in [-0.15, -0.1) is 0 Å². The maximum atomic E-state index is 3.55. The fourth-order valence-electron chi connectivity index (χ4n) is 2.52. The highest BCUT2D eigenvalue weighted by Crippen LogP contribution is 2.31. The molecular weight excluding hydrogens is 184 g/mol. The fourth-order valence-corrected chi connectivity index (χ4v) is 2.52. The van der Waals surface area contributed by atoms with Crippen molar-refractivity contribution in [3.63, 3.8) is 0 Å². The first-order valence-electron chi connectivity index (χ1n) is 6.81. The second-order valence-corrected chi connectivity index (χ2v) is 5.39. The van der Waals surface area contributed by atoms with Crippen molar-refractivity contribution in [3.05, 3.63) is 0 Å². The first-order valence-corrected chi connectivity index (χ1v) is 6.81. The Balaban J connectivity index is 1.54. The Morgan fingerprint density at radius 2 is 1.80 bits per heavy atom. The SMILES string of the molecule is CCCNCC1CCN(CC2CC2)CC1. The summed E-state index contributed by atoms with van der Waals surface area (Å²) in [5.41, 5.74) is 0. The van der Waals surface area contributed by atoms with Crippen molar-refractivity contribution in [2.75, 3.05) is 32.7 Å². The van der Waals surface area contributed by atoms with Gasteiger partial charge in [0.05, 0.1) is 0 Å². The van der Waals surface area contributed by atoms with Gasteiger partial charge in [0.25, 0.3) is 0 Å². The van der Waals surface area contributed by atoms with Crippen LogP contribution in [-0.2, 0) is 0 Å². The minimum Gasteiger partial charge on any atom is -0.316 e. The highest BCUT2D eigenvalue weighted by molar-refractivity contribution is 4.80. The van der Waals surface area contributed by atoms with Crippen molar-refractivity contribution in [1.82, 2.24) is 10.2 Å². The molecule has 0 aromatic heterocycles. The summed E-state index contributed by atoms with van der Waals surface area (Å²) >= 11 is 0. The van der Waals surface area contributed by atoms with Crippen molar-refractivity contribution in [2.24, 2.45) is 11.8 Å². The van der Waals surface area contributed by atoms with Crippen molar-refractivity contribution in [2.45, 2.75) is 39.0 Å². The first kappa shape index (κ1) is 11.4. The minimum atomic E-state index is 0.951. The lowest BCUT2D eigenvalue weighted by Crippen LogP contribution is -2.38. The number of hydrogen-bond donors (Lipinski definition) is 1. The van der Waals surface area contributed by atoms with Gasteiger partial charge in [0, 0.05) is 6.54 Å². The molecule has 1 heterocycles. The van der Waals surface area contributed by atoms with E-state index in [1.807, 2.05) is 0 Å². The number of nitrogens with one attached hydrogen (secondary N) is 1. The van der Waals surface area contributed by atoms with Gasteiger partial charge in [-0.1, -0.05) is 6.92 Å². The molecule has 0 bridgehead atoms. The van der Waals surface area contributed by atoms with E-state index >= 15 is 0 Å². The minimum absolute atomic E-state index is 0.951. The number of likely N-dealkylation sites (tertiary alicyclic amines) is 1. The summed E-state index contributed by atoms with van der Waals surface area (Å²) in [6.45, 7) is 8.80. The van der Waals surface area contributed by atoms with Gasteiger partial charge in [-0.2, -0.15) is 0 Å². The summed E-state index contributed by atoms with van der Waals surface area (Å²) in [5.74, 6) is 2.02. The van der Waals surface area contributed by atoms with E-state index in [1.54, 1.807) is 0 Å². The van der Waals surface area contributed by atoms with Crippen LogP contribution < -0.4 is 5.32 Å². The average molecular weight is 210 g/mol. The normalized spacial score (nSPS) is 24.6. The van der Waals surface area contributed by atoms with Crippen molar-refractivity contribution in [1.29, 1.82) is 0 Å². The summed E-state index contributed by atoms with van der Waals surface area (Å²) in [7, 11) is 0. The molecule has 0 spiro atoms. The van der Waals surface area contributed by atoms with Crippen LogP contribution in [0.1, 0.15) is 39.0 Å². The molecule has 2 aliphatic rings. The topological polar surface area (TPSA) is 15.3 Å². The average Bonchev–Trinajstić information content (AvgIpc) is 3.05. The quantitative estimate of drug-likeness (QED) is 0.676. The molecule has 2 heteroatoms. The number of nitrogens with zero attached hydrogens (tertiary/aromatic N) is 1. The third kappa shape index (κ3) is 4.12. The Labute approximate surface area is 94.4 Å². The molecule has 0 amide bonds. The van der Waals surface area contributed by atoms with E-state index in [0.717, 1.165) is 11.8 Å². The molecule has 2 fully saturated rings. The molecule has 0 atom stereocenters. The molecule has 0 aromatic carbocycles. The molecule has 1 saturated heterocycles. The number of hydrogen-bond acceptors (Lipinski definition) is 2. The van der Waals surface area contributed by atoms with Gasteiger partial charge in [-0.25, -0.2) is 0 Å². The molecule has 1 aliphatic heterocycles. The van der Waals surface area contributed by atoms with E-state index in [2.05, 4.69) is 17.1 Å². The molecule has 2 nitrogen and oxygen atoms in total. The van der Waals surface area contributed by atoms with E-state index in [4.69, 9.17) is 0 Å². The Hall–Kier alpha value is -0.0800. The second-order valence-electron chi connectivity index (χ2n) is 5.39. The lowest BCUT2D eigenvalue weighted by molar-refractivity contribution is 0.176. The van der Waals surface area contributed by atoms with Crippen LogP contribution >= 0.6 is 0 Å². The zero-order valence-electron chi connectivity index (χ0n) is 10.2. The van der Waals surface area contributed by atoms with Crippen LogP contribution in [0.5, 0.6) is 0 Å². The molecule has 88 valence electrons. The molecule has 0 unspecified atom stereocenters. The smallest absolute Gasteiger partial charge is 0.000966 e. The van der Waals surface area contributed by atoms with Gasteiger partial charge in [0.1, 0.15) is 0 Å². The largest absolute Gasteiger partial charge is 0.316 e. The van der Waals surface area contributed by atoms with E-state index < -0.39 is 0 Å². The lowest BCUT2D eigenvalue weighted by atomic mass is 9.96. The highest BCUT2D eigenvalue weighted by atomic mass is 15.1. The van der Waals surface area contributed by atoms with E-state index in [-0.39, 0.29) is 0 Å². The molecule has 1 N–H and O–H groups in total. The van der Waals surface area contributed by atoms with Crippen LogP contribution in [0.15, 0.2) is 0 Å². The maximum absolute atomic E-state index is 3.55. The van der Waals surface area contributed by atoms with Gasteiger partial charge >= 0.3 is 0 Å². The molecule has 0 aromatic rings. The van der Waals surface area contributed by atoms with Crippen LogP contribution in [-0.4, -0.2) is 37.6 Å². The van der Waals surface area contributed by atoms with Gasteiger partial charge in [-0.3, -0.25) is 0 Å². The van der Waals surface area contributed by atoms with Crippen molar-refractivity contribution < 1.29 is 0 Å². The maximum Gasteiger partial charge on any atom is 0.000966 e. The third-order valence-electron chi connectivity index (χ3n) is 3.78. The number of piperidine rings is 1.